The molecule has 0 bridgehead atoms. The molecule has 0 saturated carbocycles. The molecule has 0 radical (unpaired) electrons. The van der Waals surface area contributed by atoms with E-state index < -0.39 is 5.97 Å². The maximum Gasteiger partial charge on any atom is 0.313 e. The second-order valence-corrected chi connectivity index (χ2v) is 6.61. The Hall–Kier alpha value is -1.21. The van der Waals surface area contributed by atoms with Crippen molar-refractivity contribution in [3.8, 4) is 0 Å². The van der Waals surface area contributed by atoms with E-state index in [4.69, 9.17) is 5.11 Å². The number of nitrogens with zero attached hydrogens (tertiary/aromatic N) is 3. The number of rotatable bonds is 7. The lowest BCUT2D eigenvalue weighted by Crippen LogP contribution is -2.13. The van der Waals surface area contributed by atoms with Crippen molar-refractivity contribution in [2.45, 2.75) is 31.5 Å². The maximum atomic E-state index is 10.8. The lowest BCUT2D eigenvalue weighted by Gasteiger charge is -2.18. The van der Waals surface area contributed by atoms with Crippen molar-refractivity contribution in [2.24, 2.45) is 0 Å². The van der Waals surface area contributed by atoms with E-state index in [1.54, 1.807) is 11.8 Å². The van der Waals surface area contributed by atoms with Crippen molar-refractivity contribution in [2.75, 3.05) is 17.8 Å². The van der Waals surface area contributed by atoms with Crippen LogP contribution in [0.4, 0.5) is 0 Å². The van der Waals surface area contributed by atoms with E-state index in [2.05, 4.69) is 27.7 Å². The summed E-state index contributed by atoms with van der Waals surface area (Å²) in [7, 11) is 0. The number of carboxylic acids is 1. The zero-order valence-corrected chi connectivity index (χ0v) is 14.0. The highest BCUT2D eigenvalue weighted by molar-refractivity contribution is 7.99. The van der Waals surface area contributed by atoms with E-state index in [0.717, 1.165) is 34.2 Å². The minimum Gasteiger partial charge on any atom is -0.481 e. The first-order valence-corrected chi connectivity index (χ1v) is 9.13. The molecule has 1 atom stereocenters. The second kappa shape index (κ2) is 7.17. The van der Waals surface area contributed by atoms with Gasteiger partial charge in [0.1, 0.15) is 5.52 Å². The van der Waals surface area contributed by atoms with Gasteiger partial charge in [-0.2, -0.15) is 11.8 Å². The van der Waals surface area contributed by atoms with Crippen LogP contribution in [0.2, 0.25) is 0 Å². The highest BCUT2D eigenvalue weighted by Gasteiger charge is 2.20. The van der Waals surface area contributed by atoms with Gasteiger partial charge in [-0.15, -0.1) is 0 Å². The van der Waals surface area contributed by atoms with Crippen LogP contribution in [-0.4, -0.2) is 43.4 Å². The van der Waals surface area contributed by atoms with Gasteiger partial charge in [-0.25, -0.2) is 9.97 Å². The van der Waals surface area contributed by atoms with Crippen LogP contribution in [0, 0.1) is 6.92 Å². The number of hydrogen-bond donors (Lipinski definition) is 1. The van der Waals surface area contributed by atoms with Crippen molar-refractivity contribution in [3.63, 3.8) is 0 Å². The normalized spacial score (nSPS) is 12.7. The van der Waals surface area contributed by atoms with Gasteiger partial charge in [0, 0.05) is 17.5 Å². The molecular weight excluding hydrogens is 306 g/mol. The summed E-state index contributed by atoms with van der Waals surface area (Å²) in [6, 6.07) is 4.15. The molecule has 0 saturated heterocycles. The first-order chi connectivity index (χ1) is 10.1. The van der Waals surface area contributed by atoms with E-state index in [-0.39, 0.29) is 11.8 Å². The number of aliphatic carboxylic acids is 1. The fourth-order valence-electron chi connectivity index (χ4n) is 2.17. The molecule has 21 heavy (non-hydrogen) atoms. The largest absolute Gasteiger partial charge is 0.481 e. The Labute approximate surface area is 132 Å². The Balaban J connectivity index is 2.51. The number of aryl methyl sites for hydroxylation is 1. The number of imidazole rings is 1. The summed E-state index contributed by atoms with van der Waals surface area (Å²) in [4.78, 5) is 20.0. The first-order valence-electron chi connectivity index (χ1n) is 6.76. The fourth-order valence-corrected chi connectivity index (χ4v) is 3.73. The average molecular weight is 325 g/mol. The number of hydrogen-bond acceptors (Lipinski definition) is 5. The lowest BCUT2D eigenvalue weighted by molar-refractivity contribution is -0.133. The van der Waals surface area contributed by atoms with Gasteiger partial charge in [0.2, 0.25) is 0 Å². The van der Waals surface area contributed by atoms with Gasteiger partial charge < -0.3 is 5.11 Å². The van der Waals surface area contributed by atoms with Crippen molar-refractivity contribution in [1.82, 2.24) is 14.5 Å². The minimum atomic E-state index is -0.833. The van der Waals surface area contributed by atoms with Gasteiger partial charge in [-0.05, 0) is 31.7 Å². The van der Waals surface area contributed by atoms with Gasteiger partial charge in [-0.1, -0.05) is 18.7 Å². The molecule has 0 aliphatic heterocycles. The summed E-state index contributed by atoms with van der Waals surface area (Å²) in [6.07, 6.45) is 3.03. The quantitative estimate of drug-likeness (QED) is 0.788. The Morgan fingerprint density at radius 3 is 2.81 bits per heavy atom. The molecular formula is C14H19N3O2S2. The van der Waals surface area contributed by atoms with Gasteiger partial charge in [0.05, 0.1) is 5.75 Å². The molecule has 0 amide bonds. The highest BCUT2D eigenvalue weighted by atomic mass is 32.2. The Morgan fingerprint density at radius 1 is 1.43 bits per heavy atom. The fraction of sp³-hybridized carbons (Fsp3) is 0.500. The third-order valence-electron chi connectivity index (χ3n) is 3.16. The van der Waals surface area contributed by atoms with Crippen LogP contribution < -0.4 is 0 Å². The van der Waals surface area contributed by atoms with Crippen LogP contribution in [0.25, 0.3) is 11.2 Å². The summed E-state index contributed by atoms with van der Waals surface area (Å²) in [5, 5.41) is 9.65. The molecule has 0 aromatic carbocycles. The monoisotopic (exact) mass is 325 g/mol. The van der Waals surface area contributed by atoms with Crippen LogP contribution in [-0.2, 0) is 4.79 Å². The zero-order valence-electron chi connectivity index (χ0n) is 12.4. The second-order valence-electron chi connectivity index (χ2n) is 4.76. The number of aromatic nitrogens is 3. The summed E-state index contributed by atoms with van der Waals surface area (Å²) in [5.74, 6) is 0.136. The van der Waals surface area contributed by atoms with Gasteiger partial charge in [0.15, 0.2) is 10.8 Å². The third-order valence-corrected chi connectivity index (χ3v) is 4.82. The Kier molecular flexibility index (Phi) is 5.52. The summed E-state index contributed by atoms with van der Waals surface area (Å²) >= 11 is 3.04. The molecule has 7 heteroatoms. The number of fused-ring (bicyclic) bond motifs is 1. The molecule has 2 aromatic heterocycles. The van der Waals surface area contributed by atoms with Crippen LogP contribution in [0.1, 0.15) is 25.1 Å². The third kappa shape index (κ3) is 3.71. The molecule has 0 fully saturated rings. The van der Waals surface area contributed by atoms with Crippen LogP contribution >= 0.6 is 23.5 Å². The summed E-state index contributed by atoms with van der Waals surface area (Å²) in [5.41, 5.74) is 2.62. The predicted octanol–water partition coefficient (Wildman–Crippen LogP) is 3.23. The Bertz CT molecular complexity index is 642. The van der Waals surface area contributed by atoms with Crippen molar-refractivity contribution < 1.29 is 9.90 Å². The molecule has 1 unspecified atom stereocenters. The minimum absolute atomic E-state index is 0.0119. The molecule has 0 aliphatic rings. The van der Waals surface area contributed by atoms with E-state index in [9.17, 15) is 4.79 Å². The van der Waals surface area contributed by atoms with Crippen molar-refractivity contribution in [3.05, 3.63) is 17.8 Å². The van der Waals surface area contributed by atoms with Crippen LogP contribution in [0.5, 0.6) is 0 Å². The number of carbonyl (C=O) groups is 1. The van der Waals surface area contributed by atoms with E-state index in [1.165, 1.54) is 11.8 Å². The lowest BCUT2D eigenvalue weighted by atomic mass is 10.2. The van der Waals surface area contributed by atoms with Gasteiger partial charge in [0.25, 0.3) is 0 Å². The highest BCUT2D eigenvalue weighted by Crippen LogP contribution is 2.30. The zero-order chi connectivity index (χ0) is 15.4. The topological polar surface area (TPSA) is 68.0 Å². The number of pyridine rings is 1. The molecule has 0 spiro atoms. The molecule has 2 heterocycles. The average Bonchev–Trinajstić information content (AvgIpc) is 2.80. The molecule has 0 aliphatic carbocycles. The summed E-state index contributed by atoms with van der Waals surface area (Å²) < 4.78 is 2.10. The van der Waals surface area contributed by atoms with Crippen LogP contribution in [0.3, 0.4) is 0 Å². The van der Waals surface area contributed by atoms with E-state index in [0.29, 0.717) is 0 Å². The van der Waals surface area contributed by atoms with Gasteiger partial charge in [-0.3, -0.25) is 9.36 Å². The molecule has 5 nitrogen and oxygen atoms in total. The maximum absolute atomic E-state index is 10.8. The number of carboxylic acid groups (broad SMARTS) is 1. The van der Waals surface area contributed by atoms with E-state index >= 15 is 0 Å². The SMILES string of the molecule is CCC(CSC)n1c(SCC(=O)O)nc2ccc(C)nc21. The predicted molar refractivity (Wildman–Crippen MR) is 88.3 cm³/mol. The van der Waals surface area contributed by atoms with Crippen molar-refractivity contribution >= 4 is 40.7 Å². The standard InChI is InChI=1S/C14H19N3O2S2/c1-4-10(7-20-3)17-13-11(6-5-9(2)15-13)16-14(17)21-8-12(18)19/h5-6,10H,4,7-8H2,1-3H3,(H,18,19). The van der Waals surface area contributed by atoms with Crippen LogP contribution in [0.15, 0.2) is 17.3 Å². The number of thioether (sulfide) groups is 2. The first kappa shape index (κ1) is 16.2. The molecule has 114 valence electrons. The van der Waals surface area contributed by atoms with Crippen molar-refractivity contribution in [1.29, 1.82) is 0 Å². The Morgan fingerprint density at radius 2 is 2.19 bits per heavy atom. The molecule has 1 N–H and O–H groups in total. The smallest absolute Gasteiger partial charge is 0.313 e. The van der Waals surface area contributed by atoms with Gasteiger partial charge >= 0.3 is 5.97 Å². The van der Waals surface area contributed by atoms with E-state index in [1.807, 2.05) is 19.1 Å². The molecule has 2 aromatic rings. The molecule has 2 rings (SSSR count). The summed E-state index contributed by atoms with van der Waals surface area (Å²) in [6.45, 7) is 4.09.